The standard InChI is InChI=1S/C10H16N2S/c1-10(4-5-11-8-10)12-7-9-3-2-6-13-9/h2-3,6,11-12H,4-5,7-8H2,1H3. The van der Waals surface area contributed by atoms with Crippen LogP contribution in [0, 0.1) is 0 Å². The van der Waals surface area contributed by atoms with E-state index in [9.17, 15) is 0 Å². The van der Waals surface area contributed by atoms with E-state index < -0.39 is 0 Å². The van der Waals surface area contributed by atoms with Crippen LogP contribution < -0.4 is 10.6 Å². The Hall–Kier alpha value is -0.380. The second-order valence-corrected chi connectivity index (χ2v) is 4.95. The molecule has 13 heavy (non-hydrogen) atoms. The zero-order valence-electron chi connectivity index (χ0n) is 7.97. The molecular weight excluding hydrogens is 180 g/mol. The lowest BCUT2D eigenvalue weighted by Gasteiger charge is -2.24. The Kier molecular flexibility index (Phi) is 2.67. The zero-order valence-corrected chi connectivity index (χ0v) is 8.79. The highest BCUT2D eigenvalue weighted by molar-refractivity contribution is 7.09. The van der Waals surface area contributed by atoms with Crippen LogP contribution in [0.5, 0.6) is 0 Å². The Bertz CT molecular complexity index is 250. The summed E-state index contributed by atoms with van der Waals surface area (Å²) in [4.78, 5) is 1.42. The van der Waals surface area contributed by atoms with Gasteiger partial charge in [-0.3, -0.25) is 0 Å². The summed E-state index contributed by atoms with van der Waals surface area (Å²) in [5.41, 5.74) is 0.310. The highest BCUT2D eigenvalue weighted by Gasteiger charge is 2.27. The van der Waals surface area contributed by atoms with Gasteiger partial charge < -0.3 is 10.6 Å². The maximum absolute atomic E-state index is 3.61. The Labute approximate surface area is 83.4 Å². The maximum Gasteiger partial charge on any atom is 0.0305 e. The van der Waals surface area contributed by atoms with E-state index in [1.54, 1.807) is 0 Å². The van der Waals surface area contributed by atoms with E-state index in [1.807, 2.05) is 11.3 Å². The third-order valence-electron chi connectivity index (χ3n) is 2.64. The number of rotatable bonds is 3. The van der Waals surface area contributed by atoms with E-state index in [-0.39, 0.29) is 0 Å². The van der Waals surface area contributed by atoms with Crippen molar-refractivity contribution in [1.29, 1.82) is 0 Å². The molecule has 1 aromatic rings. The van der Waals surface area contributed by atoms with Gasteiger partial charge in [0.1, 0.15) is 0 Å². The van der Waals surface area contributed by atoms with Gasteiger partial charge in [-0.2, -0.15) is 0 Å². The van der Waals surface area contributed by atoms with Crippen molar-refractivity contribution in [2.45, 2.75) is 25.4 Å². The first-order valence-electron chi connectivity index (χ1n) is 4.77. The summed E-state index contributed by atoms with van der Waals surface area (Å²) in [6.07, 6.45) is 1.23. The fraction of sp³-hybridized carbons (Fsp3) is 0.600. The van der Waals surface area contributed by atoms with Gasteiger partial charge in [-0.05, 0) is 31.3 Å². The van der Waals surface area contributed by atoms with Crippen LogP contribution in [-0.2, 0) is 6.54 Å². The molecule has 72 valence electrons. The molecule has 0 saturated carbocycles. The van der Waals surface area contributed by atoms with Crippen molar-refractivity contribution in [3.63, 3.8) is 0 Å². The summed E-state index contributed by atoms with van der Waals surface area (Å²) >= 11 is 1.82. The molecule has 2 N–H and O–H groups in total. The molecule has 2 heterocycles. The summed E-state index contributed by atoms with van der Waals surface area (Å²) in [7, 11) is 0. The largest absolute Gasteiger partial charge is 0.315 e. The Morgan fingerprint density at radius 1 is 1.69 bits per heavy atom. The predicted octanol–water partition coefficient (Wildman–Crippen LogP) is 1.59. The first-order valence-corrected chi connectivity index (χ1v) is 5.65. The molecule has 0 aromatic carbocycles. The first-order chi connectivity index (χ1) is 6.29. The molecule has 2 nitrogen and oxygen atoms in total. The average molecular weight is 196 g/mol. The number of hydrogen-bond acceptors (Lipinski definition) is 3. The summed E-state index contributed by atoms with van der Waals surface area (Å²) < 4.78 is 0. The van der Waals surface area contributed by atoms with Crippen LogP contribution in [0.15, 0.2) is 17.5 Å². The van der Waals surface area contributed by atoms with E-state index >= 15 is 0 Å². The summed E-state index contributed by atoms with van der Waals surface area (Å²) in [6.45, 7) is 5.54. The lowest BCUT2D eigenvalue weighted by atomic mass is 10.0. The Morgan fingerprint density at radius 3 is 3.23 bits per heavy atom. The fourth-order valence-corrected chi connectivity index (χ4v) is 2.33. The van der Waals surface area contributed by atoms with Crippen molar-refractivity contribution in [1.82, 2.24) is 10.6 Å². The molecule has 0 bridgehead atoms. The number of thiophene rings is 1. The van der Waals surface area contributed by atoms with Crippen LogP contribution in [-0.4, -0.2) is 18.6 Å². The van der Waals surface area contributed by atoms with Gasteiger partial charge in [-0.1, -0.05) is 6.07 Å². The number of nitrogens with one attached hydrogen (secondary N) is 2. The topological polar surface area (TPSA) is 24.1 Å². The SMILES string of the molecule is CC1(NCc2cccs2)CCNC1. The lowest BCUT2D eigenvalue weighted by Crippen LogP contribution is -2.43. The first kappa shape index (κ1) is 9.19. The maximum atomic E-state index is 3.61. The molecule has 1 aliphatic rings. The molecular formula is C10H16N2S. The van der Waals surface area contributed by atoms with Gasteiger partial charge in [0, 0.05) is 23.5 Å². The molecule has 1 aliphatic heterocycles. The van der Waals surface area contributed by atoms with Crippen LogP contribution in [0.3, 0.4) is 0 Å². The van der Waals surface area contributed by atoms with Crippen LogP contribution in [0.1, 0.15) is 18.2 Å². The molecule has 3 heteroatoms. The lowest BCUT2D eigenvalue weighted by molar-refractivity contribution is 0.387. The second kappa shape index (κ2) is 3.78. The van der Waals surface area contributed by atoms with E-state index in [0.29, 0.717) is 5.54 Å². The quantitative estimate of drug-likeness (QED) is 0.767. The fourth-order valence-electron chi connectivity index (χ4n) is 1.68. The van der Waals surface area contributed by atoms with Gasteiger partial charge in [0.05, 0.1) is 0 Å². The third kappa shape index (κ3) is 2.30. The minimum absolute atomic E-state index is 0.310. The molecule has 0 spiro atoms. The summed E-state index contributed by atoms with van der Waals surface area (Å²) in [6, 6.07) is 4.29. The van der Waals surface area contributed by atoms with E-state index in [4.69, 9.17) is 0 Å². The van der Waals surface area contributed by atoms with Crippen molar-refractivity contribution in [3.05, 3.63) is 22.4 Å². The molecule has 0 aliphatic carbocycles. The van der Waals surface area contributed by atoms with Crippen molar-refractivity contribution < 1.29 is 0 Å². The van der Waals surface area contributed by atoms with Crippen LogP contribution in [0.25, 0.3) is 0 Å². The molecule has 0 amide bonds. The van der Waals surface area contributed by atoms with Gasteiger partial charge in [0.2, 0.25) is 0 Å². The van der Waals surface area contributed by atoms with Gasteiger partial charge in [-0.15, -0.1) is 11.3 Å². The summed E-state index contributed by atoms with van der Waals surface area (Å²) in [5, 5.41) is 9.12. The van der Waals surface area contributed by atoms with E-state index in [0.717, 1.165) is 19.6 Å². The highest BCUT2D eigenvalue weighted by atomic mass is 32.1. The van der Waals surface area contributed by atoms with E-state index in [2.05, 4.69) is 35.1 Å². The average Bonchev–Trinajstić information content (AvgIpc) is 2.72. The third-order valence-corrected chi connectivity index (χ3v) is 3.51. The summed E-state index contributed by atoms with van der Waals surface area (Å²) in [5.74, 6) is 0. The molecule has 1 aromatic heterocycles. The monoisotopic (exact) mass is 196 g/mol. The van der Waals surface area contributed by atoms with Gasteiger partial charge in [-0.25, -0.2) is 0 Å². The molecule has 1 fully saturated rings. The molecule has 0 radical (unpaired) electrons. The minimum Gasteiger partial charge on any atom is -0.315 e. The van der Waals surface area contributed by atoms with Gasteiger partial charge >= 0.3 is 0 Å². The Balaban J connectivity index is 1.85. The molecule has 1 atom stereocenters. The van der Waals surface area contributed by atoms with Gasteiger partial charge in [0.25, 0.3) is 0 Å². The molecule has 1 unspecified atom stereocenters. The van der Waals surface area contributed by atoms with E-state index in [1.165, 1.54) is 11.3 Å². The van der Waals surface area contributed by atoms with Crippen molar-refractivity contribution in [2.75, 3.05) is 13.1 Å². The Morgan fingerprint density at radius 2 is 2.62 bits per heavy atom. The normalized spacial score (nSPS) is 28.1. The van der Waals surface area contributed by atoms with Gasteiger partial charge in [0.15, 0.2) is 0 Å². The van der Waals surface area contributed by atoms with Crippen molar-refractivity contribution >= 4 is 11.3 Å². The van der Waals surface area contributed by atoms with Crippen LogP contribution in [0.2, 0.25) is 0 Å². The van der Waals surface area contributed by atoms with Crippen molar-refractivity contribution in [3.8, 4) is 0 Å². The predicted molar refractivity (Wildman–Crippen MR) is 57.1 cm³/mol. The second-order valence-electron chi connectivity index (χ2n) is 3.92. The minimum atomic E-state index is 0.310. The van der Waals surface area contributed by atoms with Crippen LogP contribution >= 0.6 is 11.3 Å². The highest BCUT2D eigenvalue weighted by Crippen LogP contribution is 2.15. The van der Waals surface area contributed by atoms with Crippen molar-refractivity contribution in [2.24, 2.45) is 0 Å². The molecule has 1 saturated heterocycles. The zero-order chi connectivity index (χ0) is 9.15. The van der Waals surface area contributed by atoms with Crippen LogP contribution in [0.4, 0.5) is 0 Å². The smallest absolute Gasteiger partial charge is 0.0305 e. The number of hydrogen-bond donors (Lipinski definition) is 2. The molecule has 2 rings (SSSR count).